The lowest BCUT2D eigenvalue weighted by Gasteiger charge is -2.06. The maximum absolute atomic E-state index is 12.1. The minimum Gasteiger partial charge on any atom is -0.266 e. The second-order valence-electron chi connectivity index (χ2n) is 8.74. The molecule has 0 aliphatic heterocycles. The van der Waals surface area contributed by atoms with Gasteiger partial charge in [0.1, 0.15) is 0 Å². The zero-order chi connectivity index (χ0) is 22.6. The smallest absolute Gasteiger partial charge is 0.266 e. The van der Waals surface area contributed by atoms with E-state index in [4.69, 9.17) is 15.8 Å². The molecule has 31 heavy (non-hydrogen) atoms. The highest BCUT2D eigenvalue weighted by Gasteiger charge is 2.14. The average molecular weight is 473 g/mol. The van der Waals surface area contributed by atoms with Crippen molar-refractivity contribution in [2.24, 2.45) is 0 Å². The molecule has 0 aromatic heterocycles. The lowest BCUT2D eigenvalue weighted by Crippen LogP contribution is -2.07. The van der Waals surface area contributed by atoms with Crippen molar-refractivity contribution in [2.75, 3.05) is 6.61 Å². The van der Waals surface area contributed by atoms with E-state index in [9.17, 15) is 8.42 Å². The molecule has 0 fully saturated rings. The van der Waals surface area contributed by atoms with E-state index < -0.39 is 10.1 Å². The van der Waals surface area contributed by atoms with Gasteiger partial charge in [0.05, 0.1) is 11.5 Å². The second-order valence-corrected chi connectivity index (χ2v) is 10.8. The molecular formula is C26H45ClO3S. The molecule has 0 spiro atoms. The summed E-state index contributed by atoms with van der Waals surface area (Å²) in [4.78, 5) is 0.166. The van der Waals surface area contributed by atoms with Crippen molar-refractivity contribution in [1.29, 1.82) is 0 Å². The topological polar surface area (TPSA) is 43.4 Å². The third kappa shape index (κ3) is 15.8. The predicted molar refractivity (Wildman–Crippen MR) is 133 cm³/mol. The van der Waals surface area contributed by atoms with Crippen LogP contribution in [-0.4, -0.2) is 15.0 Å². The molecule has 1 aromatic rings. The summed E-state index contributed by atoms with van der Waals surface area (Å²) in [6.07, 6.45) is 23.7. The van der Waals surface area contributed by atoms with E-state index in [2.05, 4.69) is 6.92 Å². The van der Waals surface area contributed by atoms with Crippen molar-refractivity contribution in [3.8, 4) is 0 Å². The fourth-order valence-corrected chi connectivity index (χ4v) is 4.91. The zero-order valence-electron chi connectivity index (χ0n) is 19.8. The van der Waals surface area contributed by atoms with Crippen LogP contribution in [0.2, 0.25) is 5.02 Å². The summed E-state index contributed by atoms with van der Waals surface area (Å²) in [5.41, 5.74) is 0. The van der Waals surface area contributed by atoms with E-state index in [0.29, 0.717) is 5.02 Å². The molecule has 0 saturated carbocycles. The van der Waals surface area contributed by atoms with Gasteiger partial charge in [-0.2, -0.15) is 8.42 Å². The molecule has 0 radical (unpaired) electrons. The van der Waals surface area contributed by atoms with Gasteiger partial charge >= 0.3 is 0 Å². The molecule has 0 bridgehead atoms. The number of benzene rings is 1. The number of halogens is 1. The van der Waals surface area contributed by atoms with E-state index >= 15 is 0 Å². The lowest BCUT2D eigenvalue weighted by atomic mass is 10.0. The van der Waals surface area contributed by atoms with Crippen LogP contribution >= 0.6 is 11.6 Å². The first kappa shape index (κ1) is 28.5. The Balaban J connectivity index is 1.82. The molecule has 0 unspecified atom stereocenters. The molecule has 5 heteroatoms. The van der Waals surface area contributed by atoms with Crippen LogP contribution in [0.4, 0.5) is 0 Å². The summed E-state index contributed by atoms with van der Waals surface area (Å²) in [5, 5.41) is 0.516. The molecule has 1 aromatic carbocycles. The molecule has 0 amide bonds. The van der Waals surface area contributed by atoms with Gasteiger partial charge in [-0.15, -0.1) is 0 Å². The minimum absolute atomic E-state index is 0.166. The first-order chi connectivity index (χ1) is 15.1. The number of hydrogen-bond acceptors (Lipinski definition) is 3. The van der Waals surface area contributed by atoms with Crippen LogP contribution in [0, 0.1) is 0 Å². The van der Waals surface area contributed by atoms with Gasteiger partial charge < -0.3 is 0 Å². The summed E-state index contributed by atoms with van der Waals surface area (Å²) in [6.45, 7) is 2.53. The Morgan fingerprint density at radius 3 is 1.35 bits per heavy atom. The highest BCUT2D eigenvalue weighted by Crippen LogP contribution is 2.17. The van der Waals surface area contributed by atoms with E-state index in [1.165, 1.54) is 108 Å². The maximum atomic E-state index is 12.1. The Morgan fingerprint density at radius 2 is 0.968 bits per heavy atom. The Kier molecular flexibility index (Phi) is 17.4. The Morgan fingerprint density at radius 1 is 0.613 bits per heavy atom. The number of unbranched alkanes of at least 4 members (excludes halogenated alkanes) is 17. The summed E-state index contributed by atoms with van der Waals surface area (Å²) >= 11 is 5.79. The zero-order valence-corrected chi connectivity index (χ0v) is 21.3. The van der Waals surface area contributed by atoms with Crippen LogP contribution in [0.1, 0.15) is 122 Å². The SMILES string of the molecule is CCCCCCCCCCCCCCCCCCCCOS(=O)(=O)c1ccc(Cl)cc1. The first-order valence-corrected chi connectivity index (χ1v) is 14.5. The quantitative estimate of drug-likeness (QED) is 0.132. The van der Waals surface area contributed by atoms with Gasteiger partial charge in [-0.3, -0.25) is 4.18 Å². The van der Waals surface area contributed by atoms with Gasteiger partial charge in [0.2, 0.25) is 0 Å². The number of hydrogen-bond donors (Lipinski definition) is 0. The highest BCUT2D eigenvalue weighted by atomic mass is 35.5. The first-order valence-electron chi connectivity index (χ1n) is 12.7. The molecule has 0 aliphatic rings. The van der Waals surface area contributed by atoms with Crippen molar-refractivity contribution in [3.05, 3.63) is 29.3 Å². The fraction of sp³-hybridized carbons (Fsp3) is 0.769. The van der Waals surface area contributed by atoms with E-state index in [0.717, 1.165) is 19.3 Å². The van der Waals surface area contributed by atoms with E-state index in [1.54, 1.807) is 12.1 Å². The summed E-state index contributed by atoms with van der Waals surface area (Å²) in [6, 6.07) is 6.09. The average Bonchev–Trinajstić information content (AvgIpc) is 2.75. The van der Waals surface area contributed by atoms with Crippen LogP contribution in [0.5, 0.6) is 0 Å². The van der Waals surface area contributed by atoms with Gasteiger partial charge in [0.15, 0.2) is 0 Å². The third-order valence-electron chi connectivity index (χ3n) is 5.84. The van der Waals surface area contributed by atoms with Crippen LogP contribution in [0.25, 0.3) is 0 Å². The molecule has 3 nitrogen and oxygen atoms in total. The predicted octanol–water partition coefficient (Wildman–Crippen LogP) is 9.09. The van der Waals surface area contributed by atoms with Crippen LogP contribution < -0.4 is 0 Å². The second kappa shape index (κ2) is 18.9. The number of rotatable bonds is 21. The van der Waals surface area contributed by atoms with Gasteiger partial charge in [-0.25, -0.2) is 0 Å². The Hall–Kier alpha value is -0.580. The standard InChI is InChI=1S/C26H45ClO3S/c1-2-3-4-5-6-7-8-9-10-11-12-13-14-15-16-17-18-19-24-30-31(28,29)26-22-20-25(27)21-23-26/h20-23H,2-19,24H2,1H3. The lowest BCUT2D eigenvalue weighted by molar-refractivity contribution is 0.306. The molecule has 0 atom stereocenters. The van der Waals surface area contributed by atoms with Crippen molar-refractivity contribution < 1.29 is 12.6 Å². The molecule has 0 aliphatic carbocycles. The van der Waals surface area contributed by atoms with Crippen LogP contribution in [0.15, 0.2) is 29.2 Å². The normalized spacial score (nSPS) is 11.8. The van der Waals surface area contributed by atoms with Gasteiger partial charge in [-0.05, 0) is 30.7 Å². The van der Waals surface area contributed by atoms with Crippen molar-refractivity contribution in [1.82, 2.24) is 0 Å². The van der Waals surface area contributed by atoms with Crippen LogP contribution in [-0.2, 0) is 14.3 Å². The third-order valence-corrected chi connectivity index (χ3v) is 7.42. The van der Waals surface area contributed by atoms with Crippen molar-refractivity contribution >= 4 is 21.7 Å². The fourth-order valence-electron chi connectivity index (χ4n) is 3.84. The molecule has 0 N–H and O–H groups in total. The van der Waals surface area contributed by atoms with Gasteiger partial charge in [-0.1, -0.05) is 128 Å². The van der Waals surface area contributed by atoms with Crippen molar-refractivity contribution in [3.63, 3.8) is 0 Å². The monoisotopic (exact) mass is 472 g/mol. The molecular weight excluding hydrogens is 428 g/mol. The van der Waals surface area contributed by atoms with Crippen molar-refractivity contribution in [2.45, 2.75) is 127 Å². The minimum atomic E-state index is -3.66. The molecule has 0 saturated heterocycles. The van der Waals surface area contributed by atoms with E-state index in [1.807, 2.05) is 0 Å². The van der Waals surface area contributed by atoms with Gasteiger partial charge in [0, 0.05) is 5.02 Å². The highest BCUT2D eigenvalue weighted by molar-refractivity contribution is 7.86. The maximum Gasteiger partial charge on any atom is 0.296 e. The summed E-state index contributed by atoms with van der Waals surface area (Å²) in [7, 11) is -3.66. The summed E-state index contributed by atoms with van der Waals surface area (Å²) in [5.74, 6) is 0. The summed E-state index contributed by atoms with van der Waals surface area (Å²) < 4.78 is 29.2. The molecule has 180 valence electrons. The van der Waals surface area contributed by atoms with E-state index in [-0.39, 0.29) is 11.5 Å². The van der Waals surface area contributed by atoms with Gasteiger partial charge in [0.25, 0.3) is 10.1 Å². The Bertz CT molecular complexity index is 629. The molecule has 1 rings (SSSR count). The van der Waals surface area contributed by atoms with Crippen LogP contribution in [0.3, 0.4) is 0 Å². The largest absolute Gasteiger partial charge is 0.296 e. The Labute approximate surface area is 197 Å². The molecule has 0 heterocycles.